The molecular weight excluding hydrogens is 162 g/mol. The lowest BCUT2D eigenvalue weighted by Crippen LogP contribution is -1.93. The zero-order chi connectivity index (χ0) is 9.26. The summed E-state index contributed by atoms with van der Waals surface area (Å²) in [5.41, 5.74) is 1.83. The Balaban J connectivity index is 2.84. The van der Waals surface area contributed by atoms with Gasteiger partial charge >= 0.3 is 0 Å². The lowest BCUT2D eigenvalue weighted by molar-refractivity contribution is 0.282. The summed E-state index contributed by atoms with van der Waals surface area (Å²) >= 11 is 0. The van der Waals surface area contributed by atoms with Crippen LogP contribution in [-0.4, -0.2) is 10.1 Å². The van der Waals surface area contributed by atoms with Gasteiger partial charge in [-0.2, -0.15) is 0 Å². The Labute approximate surface area is 76.9 Å². The van der Waals surface area contributed by atoms with Gasteiger partial charge in [0.15, 0.2) is 0 Å². The Bertz CT molecular complexity index is 437. The normalized spacial score (nSPS) is 10.6. The number of aliphatic hydroxyl groups is 1. The summed E-state index contributed by atoms with van der Waals surface area (Å²) in [7, 11) is 0. The van der Waals surface area contributed by atoms with Crippen LogP contribution in [0.4, 0.5) is 0 Å². The summed E-state index contributed by atoms with van der Waals surface area (Å²) in [4.78, 5) is 4.22. The van der Waals surface area contributed by atoms with Gasteiger partial charge in [-0.15, -0.1) is 0 Å². The standard InChI is InChI=1S/C11H11NO/c1-8-11(7-13)10-5-3-2-4-9(10)6-12-8/h2-6,13H,7H2,1H3. The van der Waals surface area contributed by atoms with Crippen LogP contribution in [0.25, 0.3) is 10.8 Å². The van der Waals surface area contributed by atoms with Gasteiger partial charge in [0.2, 0.25) is 0 Å². The second kappa shape index (κ2) is 3.15. The molecule has 2 rings (SSSR count). The first-order valence-electron chi connectivity index (χ1n) is 4.27. The predicted octanol–water partition coefficient (Wildman–Crippen LogP) is 2.04. The molecule has 0 amide bonds. The fourth-order valence-electron chi connectivity index (χ4n) is 1.52. The molecule has 0 aliphatic rings. The van der Waals surface area contributed by atoms with Crippen molar-refractivity contribution >= 4 is 10.8 Å². The summed E-state index contributed by atoms with van der Waals surface area (Å²) in [6, 6.07) is 7.96. The number of hydrogen-bond acceptors (Lipinski definition) is 2. The molecule has 0 spiro atoms. The number of benzene rings is 1. The van der Waals surface area contributed by atoms with Crippen molar-refractivity contribution in [1.29, 1.82) is 0 Å². The Hall–Kier alpha value is -1.41. The molecule has 0 saturated heterocycles. The number of aromatic nitrogens is 1. The van der Waals surface area contributed by atoms with Gasteiger partial charge in [-0.05, 0) is 12.3 Å². The Morgan fingerprint density at radius 1 is 1.31 bits per heavy atom. The van der Waals surface area contributed by atoms with Gasteiger partial charge < -0.3 is 5.11 Å². The van der Waals surface area contributed by atoms with E-state index in [1.807, 2.05) is 37.4 Å². The van der Waals surface area contributed by atoms with E-state index >= 15 is 0 Å². The highest BCUT2D eigenvalue weighted by Gasteiger charge is 2.03. The molecule has 13 heavy (non-hydrogen) atoms. The summed E-state index contributed by atoms with van der Waals surface area (Å²) < 4.78 is 0. The minimum atomic E-state index is 0.0557. The highest BCUT2D eigenvalue weighted by atomic mass is 16.3. The summed E-state index contributed by atoms with van der Waals surface area (Å²) in [6.45, 7) is 1.97. The number of nitrogens with zero attached hydrogens (tertiary/aromatic N) is 1. The van der Waals surface area contributed by atoms with E-state index in [1.54, 1.807) is 0 Å². The van der Waals surface area contributed by atoms with Crippen LogP contribution in [0, 0.1) is 6.92 Å². The van der Waals surface area contributed by atoms with Crippen LogP contribution < -0.4 is 0 Å². The molecule has 0 atom stereocenters. The molecule has 1 heterocycles. The topological polar surface area (TPSA) is 33.1 Å². The molecule has 1 N–H and O–H groups in total. The third kappa shape index (κ3) is 1.29. The van der Waals surface area contributed by atoms with Gasteiger partial charge in [0.25, 0.3) is 0 Å². The van der Waals surface area contributed by atoms with E-state index in [0.29, 0.717) is 0 Å². The second-order valence-electron chi connectivity index (χ2n) is 3.07. The van der Waals surface area contributed by atoms with Gasteiger partial charge in [0.05, 0.1) is 6.61 Å². The molecule has 1 aromatic carbocycles. The van der Waals surface area contributed by atoms with Gasteiger partial charge in [-0.3, -0.25) is 4.98 Å². The highest BCUT2D eigenvalue weighted by molar-refractivity contribution is 5.85. The number of aliphatic hydroxyl groups excluding tert-OH is 1. The maximum atomic E-state index is 9.18. The SMILES string of the molecule is Cc1ncc2ccccc2c1CO. The lowest BCUT2D eigenvalue weighted by Gasteiger charge is -2.05. The summed E-state index contributed by atoms with van der Waals surface area (Å²) in [5, 5.41) is 11.4. The van der Waals surface area contributed by atoms with Crippen molar-refractivity contribution in [1.82, 2.24) is 4.98 Å². The van der Waals surface area contributed by atoms with Crippen molar-refractivity contribution in [2.75, 3.05) is 0 Å². The predicted molar refractivity (Wildman–Crippen MR) is 52.4 cm³/mol. The number of fused-ring (bicyclic) bond motifs is 1. The van der Waals surface area contributed by atoms with Gasteiger partial charge in [0, 0.05) is 22.8 Å². The average molecular weight is 173 g/mol. The smallest absolute Gasteiger partial charge is 0.0705 e. The van der Waals surface area contributed by atoms with Crippen LogP contribution in [0.1, 0.15) is 11.3 Å². The van der Waals surface area contributed by atoms with Crippen LogP contribution >= 0.6 is 0 Å². The van der Waals surface area contributed by atoms with Crippen molar-refractivity contribution in [2.45, 2.75) is 13.5 Å². The summed E-state index contributed by atoms with van der Waals surface area (Å²) in [5.74, 6) is 0. The number of pyridine rings is 1. The molecule has 0 fully saturated rings. The quantitative estimate of drug-likeness (QED) is 0.715. The van der Waals surface area contributed by atoms with Crippen molar-refractivity contribution in [2.24, 2.45) is 0 Å². The molecule has 0 radical (unpaired) electrons. The number of rotatable bonds is 1. The molecule has 2 nitrogen and oxygen atoms in total. The molecule has 0 bridgehead atoms. The monoisotopic (exact) mass is 173 g/mol. The van der Waals surface area contributed by atoms with Crippen molar-refractivity contribution in [3.05, 3.63) is 41.7 Å². The van der Waals surface area contributed by atoms with E-state index in [2.05, 4.69) is 4.98 Å². The van der Waals surface area contributed by atoms with Crippen LogP contribution in [0.5, 0.6) is 0 Å². The Morgan fingerprint density at radius 3 is 2.85 bits per heavy atom. The van der Waals surface area contributed by atoms with Gasteiger partial charge in [0.1, 0.15) is 0 Å². The van der Waals surface area contributed by atoms with Crippen molar-refractivity contribution in [3.63, 3.8) is 0 Å². The van der Waals surface area contributed by atoms with E-state index in [1.165, 1.54) is 0 Å². The first-order valence-corrected chi connectivity index (χ1v) is 4.27. The molecule has 1 aromatic heterocycles. The highest BCUT2D eigenvalue weighted by Crippen LogP contribution is 2.19. The first-order chi connectivity index (χ1) is 6.33. The largest absolute Gasteiger partial charge is 0.392 e. The molecule has 0 saturated carbocycles. The van der Waals surface area contributed by atoms with Crippen LogP contribution in [0.3, 0.4) is 0 Å². The van der Waals surface area contributed by atoms with E-state index in [-0.39, 0.29) is 6.61 Å². The minimum absolute atomic E-state index is 0.0557. The lowest BCUT2D eigenvalue weighted by atomic mass is 10.1. The molecule has 0 aliphatic heterocycles. The first kappa shape index (κ1) is 8.20. The van der Waals surface area contributed by atoms with Crippen molar-refractivity contribution in [3.8, 4) is 0 Å². The molecule has 0 aliphatic carbocycles. The molecule has 2 aromatic rings. The van der Waals surface area contributed by atoms with E-state index in [4.69, 9.17) is 0 Å². The maximum absolute atomic E-state index is 9.18. The molecule has 66 valence electrons. The number of aryl methyl sites for hydroxylation is 1. The minimum Gasteiger partial charge on any atom is -0.392 e. The Morgan fingerprint density at radius 2 is 2.08 bits per heavy atom. The van der Waals surface area contributed by atoms with Gasteiger partial charge in [-0.25, -0.2) is 0 Å². The second-order valence-corrected chi connectivity index (χ2v) is 3.07. The van der Waals surface area contributed by atoms with E-state index in [9.17, 15) is 5.11 Å². The molecular formula is C11H11NO. The Kier molecular flexibility index (Phi) is 1.99. The fraction of sp³-hybridized carbons (Fsp3) is 0.182. The van der Waals surface area contributed by atoms with E-state index in [0.717, 1.165) is 22.0 Å². The molecule has 2 heteroatoms. The average Bonchev–Trinajstić information content (AvgIpc) is 2.18. The van der Waals surface area contributed by atoms with Gasteiger partial charge in [-0.1, -0.05) is 24.3 Å². The fourth-order valence-corrected chi connectivity index (χ4v) is 1.52. The third-order valence-electron chi connectivity index (χ3n) is 2.28. The van der Waals surface area contributed by atoms with E-state index < -0.39 is 0 Å². The van der Waals surface area contributed by atoms with Crippen molar-refractivity contribution < 1.29 is 5.11 Å². The van der Waals surface area contributed by atoms with Crippen LogP contribution in [-0.2, 0) is 6.61 Å². The molecule has 0 unspecified atom stereocenters. The third-order valence-corrected chi connectivity index (χ3v) is 2.28. The van der Waals surface area contributed by atoms with Crippen LogP contribution in [0.15, 0.2) is 30.5 Å². The maximum Gasteiger partial charge on any atom is 0.0705 e. The zero-order valence-corrected chi connectivity index (χ0v) is 7.49. The zero-order valence-electron chi connectivity index (χ0n) is 7.49. The number of hydrogen-bond donors (Lipinski definition) is 1. The summed E-state index contributed by atoms with van der Waals surface area (Å²) in [6.07, 6.45) is 1.84. The van der Waals surface area contributed by atoms with Crippen LogP contribution in [0.2, 0.25) is 0 Å².